The van der Waals surface area contributed by atoms with Crippen molar-refractivity contribution >= 4 is 37.5 Å². The number of sulfonamides is 1. The molecule has 0 aliphatic heterocycles. The Bertz CT molecular complexity index is 964. The normalized spacial score (nSPS) is 11.0. The van der Waals surface area contributed by atoms with Gasteiger partial charge in [0.15, 0.2) is 11.5 Å². The molecule has 0 aliphatic carbocycles. The number of rotatable bonds is 8. The number of hydrogen-bond donors (Lipinski definition) is 2. The molecule has 2 N–H and O–H groups in total. The van der Waals surface area contributed by atoms with Crippen molar-refractivity contribution in [3.05, 3.63) is 62.6 Å². The zero-order valence-electron chi connectivity index (χ0n) is 14.1. The molecule has 0 unspecified atom stereocenters. The van der Waals surface area contributed by atoms with Gasteiger partial charge in [0, 0.05) is 6.07 Å². The fourth-order valence-corrected chi connectivity index (χ4v) is 3.65. The molecule has 27 heavy (non-hydrogen) atoms. The van der Waals surface area contributed by atoms with E-state index in [2.05, 4.69) is 15.9 Å². The summed E-state index contributed by atoms with van der Waals surface area (Å²) in [6.07, 6.45) is 0.840. The monoisotopic (exact) mass is 457 g/mol. The van der Waals surface area contributed by atoms with Crippen LogP contribution in [0.5, 0.6) is 5.75 Å². The van der Waals surface area contributed by atoms with E-state index in [1.54, 1.807) is 6.07 Å². The lowest BCUT2D eigenvalue weighted by atomic mass is 10.2. The molecule has 0 saturated heterocycles. The van der Waals surface area contributed by atoms with Gasteiger partial charge >= 0.3 is 0 Å². The number of para-hydroxylation sites is 1. The Morgan fingerprint density at radius 3 is 2.59 bits per heavy atom. The first-order valence-electron chi connectivity index (χ1n) is 7.70. The predicted molar refractivity (Wildman–Crippen MR) is 101 cm³/mol. The van der Waals surface area contributed by atoms with Gasteiger partial charge in [0.2, 0.25) is 0 Å². The zero-order valence-corrected chi connectivity index (χ0v) is 16.5. The molecule has 2 rings (SSSR count). The van der Waals surface area contributed by atoms with Gasteiger partial charge in [0.25, 0.3) is 21.6 Å². The molecule has 0 atom stereocenters. The Hall–Kier alpha value is -2.50. The van der Waals surface area contributed by atoms with E-state index < -0.39 is 38.0 Å². The minimum Gasteiger partial charge on any atom is -0.483 e. The highest BCUT2D eigenvalue weighted by atomic mass is 79.9. The summed E-state index contributed by atoms with van der Waals surface area (Å²) in [5.41, 5.74) is 2.44. The van der Waals surface area contributed by atoms with E-state index in [1.165, 1.54) is 12.1 Å². The molecular weight excluding hydrogens is 442 g/mol. The Labute approximate surface area is 164 Å². The smallest absolute Gasteiger partial charge is 0.289 e. The van der Waals surface area contributed by atoms with Gasteiger partial charge < -0.3 is 4.74 Å². The van der Waals surface area contributed by atoms with Crippen LogP contribution < -0.4 is 15.0 Å². The number of nitro groups is 1. The van der Waals surface area contributed by atoms with Crippen molar-refractivity contribution in [2.75, 3.05) is 6.61 Å². The van der Waals surface area contributed by atoms with E-state index in [-0.39, 0.29) is 0 Å². The van der Waals surface area contributed by atoms with Crippen LogP contribution in [-0.2, 0) is 21.2 Å². The average Bonchev–Trinajstić information content (AvgIpc) is 2.65. The molecule has 1 amide bonds. The molecular formula is C16H16BrN3O6S. The van der Waals surface area contributed by atoms with Crippen molar-refractivity contribution < 1.29 is 22.9 Å². The molecule has 2 aromatic carbocycles. The summed E-state index contributed by atoms with van der Waals surface area (Å²) >= 11 is 3.33. The van der Waals surface area contributed by atoms with E-state index in [1.807, 2.05) is 29.3 Å². The third kappa shape index (κ3) is 5.49. The van der Waals surface area contributed by atoms with Crippen LogP contribution in [0, 0.1) is 10.1 Å². The highest BCUT2D eigenvalue weighted by Gasteiger charge is 2.25. The summed E-state index contributed by atoms with van der Waals surface area (Å²) in [5.74, 6) is -0.354. The number of carbonyl (C=O) groups excluding carboxylic acids is 1. The number of ether oxygens (including phenoxy) is 1. The van der Waals surface area contributed by atoms with Crippen LogP contribution in [-0.4, -0.2) is 25.9 Å². The second-order valence-corrected chi connectivity index (χ2v) is 7.79. The fourth-order valence-electron chi connectivity index (χ4n) is 2.08. The van der Waals surface area contributed by atoms with Crippen LogP contribution in [0.25, 0.3) is 0 Å². The highest BCUT2D eigenvalue weighted by Crippen LogP contribution is 2.26. The lowest BCUT2D eigenvalue weighted by Gasteiger charge is -2.11. The molecule has 0 saturated carbocycles. The first-order valence-corrected chi connectivity index (χ1v) is 9.97. The second kappa shape index (κ2) is 8.93. The van der Waals surface area contributed by atoms with Crippen molar-refractivity contribution in [1.29, 1.82) is 0 Å². The maximum absolute atomic E-state index is 12.2. The zero-order chi connectivity index (χ0) is 20.0. The lowest BCUT2D eigenvalue weighted by molar-refractivity contribution is -0.387. The Morgan fingerprint density at radius 2 is 1.96 bits per heavy atom. The SMILES string of the molecule is CCc1ccc(OCC(=O)NNS(=O)(=O)c2ccccc2[N+](=O)[O-])c(Br)c1. The standard InChI is InChI=1S/C16H16BrN3O6S/c1-2-11-7-8-14(12(17)9-11)26-10-16(21)18-19-27(24,25)15-6-4-3-5-13(15)20(22)23/h3-9,19H,2,10H2,1H3,(H,18,21). The third-order valence-electron chi connectivity index (χ3n) is 3.44. The molecule has 0 aliphatic rings. The Kier molecular flexibility index (Phi) is 6.88. The van der Waals surface area contributed by atoms with E-state index >= 15 is 0 Å². The van der Waals surface area contributed by atoms with Gasteiger partial charge in [-0.15, -0.1) is 4.83 Å². The minimum absolute atomic E-state index is 0.420. The number of hydrogen-bond acceptors (Lipinski definition) is 6. The van der Waals surface area contributed by atoms with Crippen molar-refractivity contribution in [1.82, 2.24) is 10.3 Å². The fraction of sp³-hybridized carbons (Fsp3) is 0.188. The molecule has 144 valence electrons. The molecule has 0 bridgehead atoms. The van der Waals surface area contributed by atoms with Crippen LogP contribution in [0.1, 0.15) is 12.5 Å². The molecule has 9 nitrogen and oxygen atoms in total. The summed E-state index contributed by atoms with van der Waals surface area (Å²) in [7, 11) is -4.32. The van der Waals surface area contributed by atoms with E-state index in [9.17, 15) is 23.3 Å². The maximum atomic E-state index is 12.2. The first-order chi connectivity index (χ1) is 12.7. The molecule has 11 heteroatoms. The molecule has 0 heterocycles. The summed E-state index contributed by atoms with van der Waals surface area (Å²) < 4.78 is 30.4. The summed E-state index contributed by atoms with van der Waals surface area (Å²) in [5, 5.41) is 10.9. The molecule has 0 radical (unpaired) electrons. The number of halogens is 1. The van der Waals surface area contributed by atoms with Gasteiger partial charge in [-0.3, -0.25) is 20.3 Å². The van der Waals surface area contributed by atoms with Crippen LogP contribution in [0.3, 0.4) is 0 Å². The van der Waals surface area contributed by atoms with Crippen LogP contribution >= 0.6 is 15.9 Å². The Morgan fingerprint density at radius 1 is 1.26 bits per heavy atom. The highest BCUT2D eigenvalue weighted by molar-refractivity contribution is 9.10. The number of nitro benzene ring substituents is 1. The van der Waals surface area contributed by atoms with Crippen molar-refractivity contribution in [3.63, 3.8) is 0 Å². The molecule has 0 spiro atoms. The molecule has 0 aromatic heterocycles. The minimum atomic E-state index is -4.32. The van der Waals surface area contributed by atoms with Gasteiger partial charge in [-0.2, -0.15) is 0 Å². The topological polar surface area (TPSA) is 128 Å². The van der Waals surface area contributed by atoms with Gasteiger partial charge in [-0.25, -0.2) is 8.42 Å². The number of amides is 1. The number of nitrogens with one attached hydrogen (secondary N) is 2. The number of aryl methyl sites for hydroxylation is 1. The van der Waals surface area contributed by atoms with E-state index in [4.69, 9.17) is 4.74 Å². The van der Waals surface area contributed by atoms with Crippen LogP contribution in [0.4, 0.5) is 5.69 Å². The predicted octanol–water partition coefficient (Wildman–Crippen LogP) is 2.31. The van der Waals surface area contributed by atoms with Crippen LogP contribution in [0.2, 0.25) is 0 Å². The average molecular weight is 458 g/mol. The Balaban J connectivity index is 1.98. The molecule has 0 fully saturated rings. The van der Waals surface area contributed by atoms with E-state index in [0.29, 0.717) is 10.2 Å². The number of benzene rings is 2. The number of nitrogens with zero attached hydrogens (tertiary/aromatic N) is 1. The van der Waals surface area contributed by atoms with E-state index in [0.717, 1.165) is 24.1 Å². The maximum Gasteiger partial charge on any atom is 0.289 e. The van der Waals surface area contributed by atoms with Gasteiger partial charge in [-0.1, -0.05) is 25.1 Å². The van der Waals surface area contributed by atoms with Gasteiger partial charge in [-0.05, 0) is 46.1 Å². The van der Waals surface area contributed by atoms with Crippen molar-refractivity contribution in [2.24, 2.45) is 0 Å². The first kappa shape index (κ1) is 20.8. The largest absolute Gasteiger partial charge is 0.483 e. The van der Waals surface area contributed by atoms with Gasteiger partial charge in [0.1, 0.15) is 5.75 Å². The van der Waals surface area contributed by atoms with Crippen LogP contribution in [0.15, 0.2) is 51.8 Å². The quantitative estimate of drug-likeness (QED) is 0.462. The third-order valence-corrected chi connectivity index (χ3v) is 5.35. The second-order valence-electron chi connectivity index (χ2n) is 5.29. The number of hydrazine groups is 1. The summed E-state index contributed by atoms with van der Waals surface area (Å²) in [4.78, 5) is 23.2. The van der Waals surface area contributed by atoms with Crippen molar-refractivity contribution in [3.8, 4) is 5.75 Å². The number of carbonyl (C=O) groups is 1. The lowest BCUT2D eigenvalue weighted by Crippen LogP contribution is -2.43. The van der Waals surface area contributed by atoms with Gasteiger partial charge in [0.05, 0.1) is 9.40 Å². The summed E-state index contributed by atoms with van der Waals surface area (Å²) in [6, 6.07) is 10.2. The van der Waals surface area contributed by atoms with Crippen molar-refractivity contribution in [2.45, 2.75) is 18.2 Å². The summed E-state index contributed by atoms with van der Waals surface area (Å²) in [6.45, 7) is 1.54. The molecule has 2 aromatic rings.